The van der Waals surface area contributed by atoms with Crippen molar-refractivity contribution in [3.8, 4) is 11.4 Å². The summed E-state index contributed by atoms with van der Waals surface area (Å²) in [5, 5.41) is 4.02. The molecule has 0 spiro atoms. The standard InChI is InChI=1S/C13H13Cl2N3O/c1-16-11-6-8(7-19-2)17-13(18-11)12-9(14)4-3-5-10(12)15/h3-6H,7H2,1-2H3,(H,16,17,18). The minimum absolute atomic E-state index is 0.395. The first-order valence-electron chi connectivity index (χ1n) is 5.64. The van der Waals surface area contributed by atoms with E-state index in [1.165, 1.54) is 0 Å². The lowest BCUT2D eigenvalue weighted by molar-refractivity contribution is 0.181. The van der Waals surface area contributed by atoms with Crippen LogP contribution in [-0.2, 0) is 11.3 Å². The van der Waals surface area contributed by atoms with Crippen molar-refractivity contribution in [1.29, 1.82) is 0 Å². The zero-order valence-electron chi connectivity index (χ0n) is 10.6. The van der Waals surface area contributed by atoms with Crippen molar-refractivity contribution in [1.82, 2.24) is 9.97 Å². The summed E-state index contributed by atoms with van der Waals surface area (Å²) >= 11 is 12.3. The Morgan fingerprint density at radius 2 is 1.89 bits per heavy atom. The second kappa shape index (κ2) is 6.19. The molecule has 2 rings (SSSR count). The monoisotopic (exact) mass is 297 g/mol. The number of rotatable bonds is 4. The lowest BCUT2D eigenvalue weighted by atomic mass is 10.2. The summed E-state index contributed by atoms with van der Waals surface area (Å²) < 4.78 is 5.09. The van der Waals surface area contributed by atoms with Gasteiger partial charge in [-0.05, 0) is 12.1 Å². The number of nitrogens with zero attached hydrogens (tertiary/aromatic N) is 2. The highest BCUT2D eigenvalue weighted by molar-refractivity contribution is 6.38. The highest BCUT2D eigenvalue weighted by Crippen LogP contribution is 2.33. The Morgan fingerprint density at radius 3 is 2.47 bits per heavy atom. The van der Waals surface area contributed by atoms with Crippen molar-refractivity contribution in [2.24, 2.45) is 0 Å². The largest absolute Gasteiger partial charge is 0.378 e. The molecule has 0 amide bonds. The van der Waals surface area contributed by atoms with Gasteiger partial charge in [0, 0.05) is 20.2 Å². The Bertz CT molecular complexity index is 570. The van der Waals surface area contributed by atoms with Gasteiger partial charge in [-0.2, -0.15) is 0 Å². The van der Waals surface area contributed by atoms with Gasteiger partial charge in [0.05, 0.1) is 27.9 Å². The second-order valence-electron chi connectivity index (χ2n) is 3.85. The molecule has 0 fully saturated rings. The van der Waals surface area contributed by atoms with Gasteiger partial charge < -0.3 is 10.1 Å². The molecule has 0 unspecified atom stereocenters. The first-order valence-corrected chi connectivity index (χ1v) is 6.40. The number of nitrogens with one attached hydrogen (secondary N) is 1. The lowest BCUT2D eigenvalue weighted by Crippen LogP contribution is -2.02. The fraction of sp³-hybridized carbons (Fsp3) is 0.231. The quantitative estimate of drug-likeness (QED) is 0.936. The Hall–Kier alpha value is -1.36. The third-order valence-electron chi connectivity index (χ3n) is 2.51. The third kappa shape index (κ3) is 3.15. The van der Waals surface area contributed by atoms with E-state index in [0.717, 1.165) is 5.69 Å². The summed E-state index contributed by atoms with van der Waals surface area (Å²) in [7, 11) is 3.40. The minimum atomic E-state index is 0.395. The molecule has 0 radical (unpaired) electrons. The number of halogens is 2. The topological polar surface area (TPSA) is 47.0 Å². The van der Waals surface area contributed by atoms with E-state index < -0.39 is 0 Å². The Morgan fingerprint density at radius 1 is 1.21 bits per heavy atom. The molecule has 100 valence electrons. The van der Waals surface area contributed by atoms with E-state index in [9.17, 15) is 0 Å². The van der Waals surface area contributed by atoms with E-state index >= 15 is 0 Å². The highest BCUT2D eigenvalue weighted by atomic mass is 35.5. The first-order chi connectivity index (χ1) is 9.15. The Labute approximate surface area is 121 Å². The minimum Gasteiger partial charge on any atom is -0.378 e. The van der Waals surface area contributed by atoms with E-state index in [1.54, 1.807) is 32.4 Å². The number of anilines is 1. The average Bonchev–Trinajstić information content (AvgIpc) is 2.38. The van der Waals surface area contributed by atoms with Gasteiger partial charge in [0.1, 0.15) is 5.82 Å². The normalized spacial score (nSPS) is 10.5. The smallest absolute Gasteiger partial charge is 0.164 e. The van der Waals surface area contributed by atoms with E-state index in [1.807, 2.05) is 6.07 Å². The molecule has 0 aliphatic heterocycles. The van der Waals surface area contributed by atoms with Crippen LogP contribution in [0, 0.1) is 0 Å². The van der Waals surface area contributed by atoms with Gasteiger partial charge in [0.2, 0.25) is 0 Å². The number of hydrogen-bond acceptors (Lipinski definition) is 4. The lowest BCUT2D eigenvalue weighted by Gasteiger charge is -2.09. The molecule has 1 aromatic carbocycles. The number of hydrogen-bond donors (Lipinski definition) is 1. The molecular formula is C13H13Cl2N3O. The van der Waals surface area contributed by atoms with Crippen molar-refractivity contribution in [3.63, 3.8) is 0 Å². The van der Waals surface area contributed by atoms with Gasteiger partial charge >= 0.3 is 0 Å². The molecule has 0 saturated heterocycles. The van der Waals surface area contributed by atoms with Crippen LogP contribution < -0.4 is 5.32 Å². The SMILES string of the molecule is CNc1cc(COC)nc(-c2c(Cl)cccc2Cl)n1. The van der Waals surface area contributed by atoms with E-state index in [-0.39, 0.29) is 0 Å². The van der Waals surface area contributed by atoms with Crippen LogP contribution in [0.4, 0.5) is 5.82 Å². The van der Waals surface area contributed by atoms with Crippen molar-refractivity contribution < 1.29 is 4.74 Å². The summed E-state index contributed by atoms with van der Waals surface area (Å²) in [5.74, 6) is 1.17. The van der Waals surface area contributed by atoms with Crippen LogP contribution in [-0.4, -0.2) is 24.1 Å². The van der Waals surface area contributed by atoms with Crippen LogP contribution in [0.15, 0.2) is 24.3 Å². The summed E-state index contributed by atoms with van der Waals surface area (Å²) in [6.45, 7) is 0.395. The maximum absolute atomic E-state index is 6.17. The van der Waals surface area contributed by atoms with Crippen molar-refractivity contribution in [2.45, 2.75) is 6.61 Å². The van der Waals surface area contributed by atoms with Crippen molar-refractivity contribution in [2.75, 3.05) is 19.5 Å². The fourth-order valence-electron chi connectivity index (χ4n) is 1.67. The molecule has 4 nitrogen and oxygen atoms in total. The summed E-state index contributed by atoms with van der Waals surface area (Å²) in [5.41, 5.74) is 1.38. The van der Waals surface area contributed by atoms with Crippen LogP contribution in [0.2, 0.25) is 10.0 Å². The second-order valence-corrected chi connectivity index (χ2v) is 4.66. The molecule has 0 atom stereocenters. The van der Waals surface area contributed by atoms with Crippen LogP contribution in [0.1, 0.15) is 5.69 Å². The molecule has 2 aromatic rings. The van der Waals surface area contributed by atoms with E-state index in [4.69, 9.17) is 27.9 Å². The zero-order valence-corrected chi connectivity index (χ0v) is 12.1. The number of methoxy groups -OCH3 is 1. The number of ether oxygens (including phenoxy) is 1. The van der Waals surface area contributed by atoms with Crippen molar-refractivity contribution in [3.05, 3.63) is 40.0 Å². The molecule has 0 aliphatic rings. The van der Waals surface area contributed by atoms with Gasteiger partial charge in [-0.3, -0.25) is 0 Å². The van der Waals surface area contributed by atoms with Crippen LogP contribution in [0.5, 0.6) is 0 Å². The summed E-state index contributed by atoms with van der Waals surface area (Å²) in [4.78, 5) is 8.80. The van der Waals surface area contributed by atoms with E-state index in [0.29, 0.717) is 33.9 Å². The maximum Gasteiger partial charge on any atom is 0.164 e. The molecule has 19 heavy (non-hydrogen) atoms. The van der Waals surface area contributed by atoms with Gasteiger partial charge in [0.15, 0.2) is 5.82 Å². The van der Waals surface area contributed by atoms with Crippen LogP contribution >= 0.6 is 23.2 Å². The fourth-order valence-corrected chi connectivity index (χ4v) is 2.24. The Kier molecular flexibility index (Phi) is 4.58. The Balaban J connectivity index is 2.57. The van der Waals surface area contributed by atoms with Crippen LogP contribution in [0.3, 0.4) is 0 Å². The van der Waals surface area contributed by atoms with Gasteiger partial charge in [-0.15, -0.1) is 0 Å². The first kappa shape index (κ1) is 14.1. The molecule has 6 heteroatoms. The number of aromatic nitrogens is 2. The van der Waals surface area contributed by atoms with Gasteiger partial charge in [-0.1, -0.05) is 29.3 Å². The van der Waals surface area contributed by atoms with E-state index in [2.05, 4.69) is 15.3 Å². The molecule has 0 aliphatic carbocycles. The molecule has 0 bridgehead atoms. The average molecular weight is 298 g/mol. The molecule has 1 N–H and O–H groups in total. The third-order valence-corrected chi connectivity index (χ3v) is 3.14. The van der Waals surface area contributed by atoms with Gasteiger partial charge in [0.25, 0.3) is 0 Å². The molecule has 1 aromatic heterocycles. The van der Waals surface area contributed by atoms with Gasteiger partial charge in [-0.25, -0.2) is 9.97 Å². The van der Waals surface area contributed by atoms with Crippen LogP contribution in [0.25, 0.3) is 11.4 Å². The molecular weight excluding hydrogens is 285 g/mol. The number of benzene rings is 1. The highest BCUT2D eigenvalue weighted by Gasteiger charge is 2.13. The molecule has 1 heterocycles. The van der Waals surface area contributed by atoms with Crippen molar-refractivity contribution >= 4 is 29.0 Å². The zero-order chi connectivity index (χ0) is 13.8. The predicted molar refractivity (Wildman–Crippen MR) is 77.7 cm³/mol. The predicted octanol–water partition coefficient (Wildman–Crippen LogP) is 3.64. The summed E-state index contributed by atoms with van der Waals surface area (Å²) in [6.07, 6.45) is 0. The summed E-state index contributed by atoms with van der Waals surface area (Å²) in [6, 6.07) is 7.12. The maximum atomic E-state index is 6.17. The molecule has 0 saturated carbocycles.